The van der Waals surface area contributed by atoms with Crippen molar-refractivity contribution in [3.05, 3.63) is 29.8 Å². The maximum atomic E-state index is 13.0. The van der Waals surface area contributed by atoms with E-state index < -0.39 is 10.0 Å². The highest BCUT2D eigenvalue weighted by Gasteiger charge is 2.29. The molecule has 1 amide bonds. The Kier molecular flexibility index (Phi) is 8.31. The third-order valence-electron chi connectivity index (χ3n) is 6.42. The van der Waals surface area contributed by atoms with Crippen LogP contribution in [0.2, 0.25) is 0 Å². The third-order valence-corrected chi connectivity index (χ3v) is 8.33. The number of nitrogens with zero attached hydrogens (tertiary/aromatic N) is 2. The molecule has 1 N–H and O–H groups in total. The molecule has 0 unspecified atom stereocenters. The Morgan fingerprint density at radius 2 is 1.70 bits per heavy atom. The van der Waals surface area contributed by atoms with Crippen LogP contribution in [0.25, 0.3) is 0 Å². The van der Waals surface area contributed by atoms with E-state index in [2.05, 4.69) is 12.2 Å². The molecule has 0 bridgehead atoms. The highest BCUT2D eigenvalue weighted by Crippen LogP contribution is 2.33. The molecule has 1 heterocycles. The lowest BCUT2D eigenvalue weighted by atomic mass is 9.84. The van der Waals surface area contributed by atoms with Crippen LogP contribution in [0.4, 0.5) is 0 Å². The summed E-state index contributed by atoms with van der Waals surface area (Å²) < 4.78 is 27.7. The van der Waals surface area contributed by atoms with Crippen molar-refractivity contribution in [3.8, 4) is 0 Å². The second kappa shape index (κ2) is 10.7. The molecule has 7 heteroatoms. The van der Waals surface area contributed by atoms with Gasteiger partial charge in [-0.15, -0.1) is 0 Å². The van der Waals surface area contributed by atoms with Crippen LogP contribution in [-0.2, 0) is 14.8 Å². The molecule has 1 aliphatic carbocycles. The van der Waals surface area contributed by atoms with Crippen molar-refractivity contribution in [2.45, 2.75) is 75.6 Å². The topological polar surface area (TPSA) is 69.7 Å². The summed E-state index contributed by atoms with van der Waals surface area (Å²) in [7, 11) is -3.48. The van der Waals surface area contributed by atoms with Crippen LogP contribution in [0.5, 0.6) is 0 Å². The minimum absolute atomic E-state index is 0.0190. The van der Waals surface area contributed by atoms with Crippen LogP contribution >= 0.6 is 0 Å². The molecule has 2 fully saturated rings. The van der Waals surface area contributed by atoms with Crippen LogP contribution in [0.15, 0.2) is 29.2 Å². The number of piperazine rings is 1. The molecule has 30 heavy (non-hydrogen) atoms. The summed E-state index contributed by atoms with van der Waals surface area (Å²) in [5.41, 5.74) is 1.27. The maximum absolute atomic E-state index is 13.0. The first-order valence-corrected chi connectivity index (χ1v) is 13.0. The van der Waals surface area contributed by atoms with Gasteiger partial charge in [0.25, 0.3) is 0 Å². The van der Waals surface area contributed by atoms with Crippen molar-refractivity contribution in [2.24, 2.45) is 0 Å². The monoisotopic (exact) mass is 435 g/mol. The minimum Gasteiger partial charge on any atom is -0.353 e. The van der Waals surface area contributed by atoms with E-state index in [0.29, 0.717) is 43.5 Å². The van der Waals surface area contributed by atoms with Gasteiger partial charge in [-0.05, 0) is 49.8 Å². The molecule has 0 radical (unpaired) electrons. The van der Waals surface area contributed by atoms with Gasteiger partial charge < -0.3 is 5.32 Å². The molecule has 0 aromatic heterocycles. The van der Waals surface area contributed by atoms with E-state index in [1.54, 1.807) is 16.4 Å². The van der Waals surface area contributed by atoms with Crippen molar-refractivity contribution in [1.82, 2.24) is 14.5 Å². The molecule has 1 aromatic carbocycles. The highest BCUT2D eigenvalue weighted by molar-refractivity contribution is 7.89. The molecule has 168 valence electrons. The van der Waals surface area contributed by atoms with Crippen molar-refractivity contribution in [3.63, 3.8) is 0 Å². The summed E-state index contributed by atoms with van der Waals surface area (Å²) in [5, 5.41) is 3.02. The molecule has 6 nitrogen and oxygen atoms in total. The van der Waals surface area contributed by atoms with Gasteiger partial charge in [0, 0.05) is 32.2 Å². The zero-order chi connectivity index (χ0) is 21.6. The second-order valence-corrected chi connectivity index (χ2v) is 10.8. The summed E-state index contributed by atoms with van der Waals surface area (Å²) in [5.74, 6) is 0.593. The fourth-order valence-electron chi connectivity index (χ4n) is 4.65. The Morgan fingerprint density at radius 1 is 1.07 bits per heavy atom. The SMILES string of the molecule is CCC[C@@H](C)NC(=O)CN1CCN(S(=O)(=O)c2ccc(C3CCCCC3)cc2)CC1. The third kappa shape index (κ3) is 6.05. The van der Waals surface area contributed by atoms with Gasteiger partial charge in [0.05, 0.1) is 11.4 Å². The largest absolute Gasteiger partial charge is 0.353 e. The van der Waals surface area contributed by atoms with Gasteiger partial charge in [-0.25, -0.2) is 8.42 Å². The van der Waals surface area contributed by atoms with E-state index in [-0.39, 0.29) is 11.9 Å². The lowest BCUT2D eigenvalue weighted by molar-refractivity contribution is -0.123. The Hall–Kier alpha value is -1.44. The Morgan fingerprint density at radius 3 is 2.30 bits per heavy atom. The molecule has 0 spiro atoms. The number of carbonyl (C=O) groups excluding carboxylic acids is 1. The summed E-state index contributed by atoms with van der Waals surface area (Å²) in [4.78, 5) is 14.6. The predicted molar refractivity (Wildman–Crippen MR) is 120 cm³/mol. The first-order valence-electron chi connectivity index (χ1n) is 11.5. The van der Waals surface area contributed by atoms with Crippen molar-refractivity contribution in [1.29, 1.82) is 0 Å². The number of nitrogens with one attached hydrogen (secondary N) is 1. The van der Waals surface area contributed by atoms with Crippen LogP contribution < -0.4 is 5.32 Å². The summed E-state index contributed by atoms with van der Waals surface area (Å²) in [6.45, 7) is 6.45. The van der Waals surface area contributed by atoms with Crippen molar-refractivity contribution >= 4 is 15.9 Å². The first-order chi connectivity index (χ1) is 14.4. The average molecular weight is 436 g/mol. The fraction of sp³-hybridized carbons (Fsp3) is 0.696. The normalized spacial score (nSPS) is 20.7. The molecule has 1 saturated heterocycles. The van der Waals surface area contributed by atoms with Crippen LogP contribution in [0.1, 0.15) is 70.3 Å². The molecule has 3 rings (SSSR count). The van der Waals surface area contributed by atoms with Gasteiger partial charge >= 0.3 is 0 Å². The fourth-order valence-corrected chi connectivity index (χ4v) is 6.08. The maximum Gasteiger partial charge on any atom is 0.243 e. The average Bonchev–Trinajstić information content (AvgIpc) is 2.75. The zero-order valence-electron chi connectivity index (χ0n) is 18.5. The van der Waals surface area contributed by atoms with Crippen LogP contribution in [0, 0.1) is 0 Å². The van der Waals surface area contributed by atoms with Gasteiger partial charge in [0.1, 0.15) is 0 Å². The number of hydrogen-bond acceptors (Lipinski definition) is 4. The molecular weight excluding hydrogens is 398 g/mol. The Balaban J connectivity index is 1.52. The van der Waals surface area contributed by atoms with E-state index >= 15 is 0 Å². The molecule has 1 aromatic rings. The van der Waals surface area contributed by atoms with E-state index in [0.717, 1.165) is 12.8 Å². The van der Waals surface area contributed by atoms with E-state index in [9.17, 15) is 13.2 Å². The molecule has 1 atom stereocenters. The Bertz CT molecular complexity index is 780. The van der Waals surface area contributed by atoms with Gasteiger partial charge in [-0.1, -0.05) is 44.7 Å². The predicted octanol–water partition coefficient (Wildman–Crippen LogP) is 3.35. The summed E-state index contributed by atoms with van der Waals surface area (Å²) >= 11 is 0. The number of amides is 1. The van der Waals surface area contributed by atoms with Crippen LogP contribution in [0.3, 0.4) is 0 Å². The molecule has 2 aliphatic rings. The first kappa shape index (κ1) is 23.2. The zero-order valence-corrected chi connectivity index (χ0v) is 19.3. The molecule has 1 aliphatic heterocycles. The number of hydrogen-bond donors (Lipinski definition) is 1. The van der Waals surface area contributed by atoms with Crippen LogP contribution in [-0.4, -0.2) is 62.3 Å². The van der Waals surface area contributed by atoms with E-state index in [1.807, 2.05) is 24.0 Å². The smallest absolute Gasteiger partial charge is 0.243 e. The molecular formula is C23H37N3O3S. The van der Waals surface area contributed by atoms with Gasteiger partial charge in [-0.3, -0.25) is 9.69 Å². The number of sulfonamides is 1. The summed E-state index contributed by atoms with van der Waals surface area (Å²) in [6, 6.07) is 7.73. The van der Waals surface area contributed by atoms with E-state index in [1.165, 1.54) is 37.7 Å². The minimum atomic E-state index is -3.48. The lowest BCUT2D eigenvalue weighted by Crippen LogP contribution is -2.51. The van der Waals surface area contributed by atoms with Crippen molar-refractivity contribution < 1.29 is 13.2 Å². The number of benzene rings is 1. The molecule has 1 saturated carbocycles. The van der Waals surface area contributed by atoms with Gasteiger partial charge in [0.2, 0.25) is 15.9 Å². The standard InChI is InChI=1S/C23H37N3O3S/c1-3-7-19(2)24-23(27)18-25-14-16-26(17-15-25)30(28,29)22-12-10-21(11-13-22)20-8-5-4-6-9-20/h10-13,19-20H,3-9,14-18H2,1-2H3,(H,24,27)/t19-/m1/s1. The lowest BCUT2D eigenvalue weighted by Gasteiger charge is -2.33. The van der Waals surface area contributed by atoms with E-state index in [4.69, 9.17) is 0 Å². The van der Waals surface area contributed by atoms with Crippen molar-refractivity contribution in [2.75, 3.05) is 32.7 Å². The summed E-state index contributed by atoms with van der Waals surface area (Å²) in [6.07, 6.45) is 8.28. The second-order valence-electron chi connectivity index (χ2n) is 8.84. The quantitative estimate of drug-likeness (QED) is 0.680. The Labute approximate surface area is 182 Å². The number of rotatable bonds is 8. The van der Waals surface area contributed by atoms with Gasteiger partial charge in [0.15, 0.2) is 0 Å². The number of carbonyl (C=O) groups is 1. The highest BCUT2D eigenvalue weighted by atomic mass is 32.2. The van der Waals surface area contributed by atoms with Gasteiger partial charge in [-0.2, -0.15) is 4.31 Å².